The van der Waals surface area contributed by atoms with Crippen LogP contribution in [0.5, 0.6) is 0 Å². The van der Waals surface area contributed by atoms with Crippen LogP contribution in [0, 0.1) is 39.2 Å². The number of carbonyl (C=O) groups excluding carboxylic acids is 2. The van der Waals surface area contributed by atoms with Crippen molar-refractivity contribution < 1.29 is 18.9 Å². The molecule has 1 aromatic heterocycles. The minimum Gasteiger partial charge on any atom is -0.455 e. The predicted molar refractivity (Wildman–Crippen MR) is 105 cm³/mol. The van der Waals surface area contributed by atoms with E-state index in [0.717, 1.165) is 17.9 Å². The SMILES string of the molecule is O=C1[C@@H]2[C@@H](C(=O)N1/N=C\c1ccc(-c3ccccc3[N+](=O)[O-])o1)[C@H]1C=C[C@H]2C12CC2. The lowest BCUT2D eigenvalue weighted by Crippen LogP contribution is -2.30. The van der Waals surface area contributed by atoms with Crippen molar-refractivity contribution in [2.24, 2.45) is 34.2 Å². The molecular formula is C22H17N3O5. The van der Waals surface area contributed by atoms with Gasteiger partial charge in [-0.2, -0.15) is 10.1 Å². The van der Waals surface area contributed by atoms with Gasteiger partial charge in [-0.1, -0.05) is 24.3 Å². The quantitative estimate of drug-likeness (QED) is 0.256. The van der Waals surface area contributed by atoms with E-state index in [9.17, 15) is 19.7 Å². The summed E-state index contributed by atoms with van der Waals surface area (Å²) in [7, 11) is 0. The zero-order valence-corrected chi connectivity index (χ0v) is 15.8. The zero-order valence-electron chi connectivity index (χ0n) is 15.8. The molecule has 8 nitrogen and oxygen atoms in total. The maximum absolute atomic E-state index is 12.9. The van der Waals surface area contributed by atoms with E-state index in [1.165, 1.54) is 12.3 Å². The van der Waals surface area contributed by atoms with Crippen LogP contribution in [0.1, 0.15) is 18.6 Å². The third kappa shape index (κ3) is 2.13. The van der Waals surface area contributed by atoms with Crippen LogP contribution in [0.2, 0.25) is 0 Å². The van der Waals surface area contributed by atoms with Crippen LogP contribution in [0.3, 0.4) is 0 Å². The number of nitro benzene ring substituents is 1. The number of nitrogens with zero attached hydrogens (tertiary/aromatic N) is 3. The summed E-state index contributed by atoms with van der Waals surface area (Å²) in [4.78, 5) is 36.6. The van der Waals surface area contributed by atoms with Crippen molar-refractivity contribution in [1.29, 1.82) is 0 Å². The minimum atomic E-state index is -0.471. The van der Waals surface area contributed by atoms with E-state index in [0.29, 0.717) is 17.1 Å². The first kappa shape index (κ1) is 17.3. The molecule has 3 fully saturated rings. The van der Waals surface area contributed by atoms with E-state index in [2.05, 4.69) is 17.3 Å². The Labute approximate surface area is 171 Å². The summed E-state index contributed by atoms with van der Waals surface area (Å²) in [5.41, 5.74) is 0.434. The van der Waals surface area contributed by atoms with Crippen molar-refractivity contribution in [3.63, 3.8) is 0 Å². The normalized spacial score (nSPS) is 30.1. The van der Waals surface area contributed by atoms with Gasteiger partial charge in [0.2, 0.25) is 0 Å². The summed E-state index contributed by atoms with van der Waals surface area (Å²) in [6.07, 6.45) is 7.73. The lowest BCUT2D eigenvalue weighted by Gasteiger charge is -2.18. The summed E-state index contributed by atoms with van der Waals surface area (Å²) in [6, 6.07) is 9.49. The van der Waals surface area contributed by atoms with Gasteiger partial charge in [-0.25, -0.2) is 0 Å². The van der Waals surface area contributed by atoms with Crippen molar-refractivity contribution in [2.45, 2.75) is 12.8 Å². The van der Waals surface area contributed by atoms with Gasteiger partial charge in [-0.3, -0.25) is 19.7 Å². The second-order valence-corrected chi connectivity index (χ2v) is 8.43. The maximum atomic E-state index is 12.9. The van der Waals surface area contributed by atoms with Gasteiger partial charge in [0.05, 0.1) is 28.5 Å². The van der Waals surface area contributed by atoms with Crippen molar-refractivity contribution in [2.75, 3.05) is 0 Å². The van der Waals surface area contributed by atoms with Gasteiger partial charge in [-0.15, -0.1) is 0 Å². The fourth-order valence-electron chi connectivity index (χ4n) is 5.70. The number of allylic oxidation sites excluding steroid dienone is 2. The fraction of sp³-hybridized carbons (Fsp3) is 0.318. The fourth-order valence-corrected chi connectivity index (χ4v) is 5.70. The van der Waals surface area contributed by atoms with E-state index < -0.39 is 4.92 Å². The minimum absolute atomic E-state index is 0.0648. The molecule has 2 heterocycles. The molecule has 4 atom stereocenters. The van der Waals surface area contributed by atoms with E-state index in [1.807, 2.05) is 0 Å². The van der Waals surface area contributed by atoms with E-state index in [-0.39, 0.29) is 46.6 Å². The number of hydrazone groups is 1. The van der Waals surface area contributed by atoms with Gasteiger partial charge in [0.15, 0.2) is 0 Å². The molecule has 0 N–H and O–H groups in total. The van der Waals surface area contributed by atoms with Crippen LogP contribution >= 0.6 is 0 Å². The van der Waals surface area contributed by atoms with Crippen LogP contribution in [0.15, 0.2) is 58.1 Å². The summed E-state index contributed by atoms with van der Waals surface area (Å²) >= 11 is 0. The number of benzene rings is 1. The highest BCUT2D eigenvalue weighted by molar-refractivity contribution is 6.07. The van der Waals surface area contributed by atoms with Gasteiger partial charge < -0.3 is 4.42 Å². The average molecular weight is 403 g/mol. The first-order valence-electron chi connectivity index (χ1n) is 9.95. The molecule has 1 aromatic carbocycles. The molecule has 2 aromatic rings. The topological polar surface area (TPSA) is 106 Å². The van der Waals surface area contributed by atoms with Gasteiger partial charge >= 0.3 is 0 Å². The molecule has 1 saturated heterocycles. The maximum Gasteiger partial charge on any atom is 0.280 e. The Morgan fingerprint density at radius 1 is 1.07 bits per heavy atom. The highest BCUT2D eigenvalue weighted by Gasteiger charge is 2.73. The van der Waals surface area contributed by atoms with Gasteiger partial charge in [-0.05, 0) is 48.3 Å². The molecule has 1 spiro atoms. The molecular weight excluding hydrogens is 386 g/mol. The molecule has 1 aliphatic heterocycles. The monoisotopic (exact) mass is 403 g/mol. The Morgan fingerprint density at radius 3 is 2.37 bits per heavy atom. The highest BCUT2D eigenvalue weighted by atomic mass is 16.6. The number of hydrogen-bond donors (Lipinski definition) is 0. The van der Waals surface area contributed by atoms with Crippen LogP contribution in [0.4, 0.5) is 5.69 Å². The standard InChI is InChI=1S/C22H17N3O5/c26-20-18-14-6-7-15(22(14)9-10-22)19(18)21(27)24(20)23-11-12-5-8-17(30-12)13-3-1-2-4-16(13)25(28)29/h1-8,11,14-15,18-19H,9-10H2/b23-11-/t14-,15-,18+,19+/m1/s1. The average Bonchev–Trinajstić information content (AvgIpc) is 3.03. The lowest BCUT2D eigenvalue weighted by molar-refractivity contribution is -0.384. The number of hydrogen-bond acceptors (Lipinski definition) is 6. The van der Waals surface area contributed by atoms with Gasteiger partial charge in [0.1, 0.15) is 11.5 Å². The summed E-state index contributed by atoms with van der Waals surface area (Å²) in [6.45, 7) is 0. The van der Waals surface area contributed by atoms with Crippen molar-refractivity contribution in [3.05, 3.63) is 64.4 Å². The number of nitro groups is 1. The van der Waals surface area contributed by atoms with Crippen molar-refractivity contribution >= 4 is 23.7 Å². The van der Waals surface area contributed by atoms with Crippen LogP contribution < -0.4 is 0 Å². The first-order chi connectivity index (χ1) is 14.5. The molecule has 8 heteroatoms. The third-order valence-corrected chi connectivity index (χ3v) is 7.12. The zero-order chi connectivity index (χ0) is 20.6. The van der Waals surface area contributed by atoms with E-state index >= 15 is 0 Å². The predicted octanol–water partition coefficient (Wildman–Crippen LogP) is 3.39. The molecule has 3 aliphatic carbocycles. The third-order valence-electron chi connectivity index (χ3n) is 7.12. The largest absolute Gasteiger partial charge is 0.455 e. The Kier molecular flexibility index (Phi) is 3.32. The number of imide groups is 1. The Balaban J connectivity index is 1.25. The summed E-state index contributed by atoms with van der Waals surface area (Å²) < 4.78 is 5.67. The Bertz CT molecular complexity index is 1140. The molecule has 2 bridgehead atoms. The second-order valence-electron chi connectivity index (χ2n) is 8.43. The number of fused-ring (bicyclic) bond motifs is 3. The molecule has 150 valence electrons. The number of amides is 2. The molecule has 30 heavy (non-hydrogen) atoms. The molecule has 0 radical (unpaired) electrons. The smallest absolute Gasteiger partial charge is 0.280 e. The van der Waals surface area contributed by atoms with Crippen LogP contribution in [-0.4, -0.2) is 28.0 Å². The Morgan fingerprint density at radius 2 is 1.73 bits per heavy atom. The Hall–Kier alpha value is -3.55. The van der Waals surface area contributed by atoms with Gasteiger partial charge in [0.25, 0.3) is 17.5 Å². The van der Waals surface area contributed by atoms with Crippen molar-refractivity contribution in [1.82, 2.24) is 5.01 Å². The molecule has 4 aliphatic rings. The van der Waals surface area contributed by atoms with Crippen LogP contribution in [-0.2, 0) is 9.59 Å². The lowest BCUT2D eigenvalue weighted by atomic mass is 9.85. The molecule has 0 unspecified atom stereocenters. The number of rotatable bonds is 4. The first-order valence-corrected chi connectivity index (χ1v) is 9.95. The van der Waals surface area contributed by atoms with Crippen molar-refractivity contribution in [3.8, 4) is 11.3 Å². The highest BCUT2D eigenvalue weighted by Crippen LogP contribution is 2.73. The molecule has 6 rings (SSSR count). The number of carbonyl (C=O) groups is 2. The van der Waals surface area contributed by atoms with E-state index in [4.69, 9.17) is 4.42 Å². The molecule has 2 saturated carbocycles. The van der Waals surface area contributed by atoms with E-state index in [1.54, 1.807) is 30.3 Å². The van der Waals surface area contributed by atoms with Crippen LogP contribution in [0.25, 0.3) is 11.3 Å². The number of para-hydroxylation sites is 1. The summed E-state index contributed by atoms with van der Waals surface area (Å²) in [5, 5.41) is 16.3. The number of furan rings is 1. The van der Waals surface area contributed by atoms with Gasteiger partial charge in [0, 0.05) is 6.07 Å². The molecule has 2 amide bonds. The summed E-state index contributed by atoms with van der Waals surface area (Å²) in [5.74, 6) is -0.156. The second kappa shape index (κ2) is 5.75.